The number of piperazine rings is 1. The normalized spacial score (nSPS) is 29.6. The Kier molecular flexibility index (Phi) is 5.33. The first kappa shape index (κ1) is 19.0. The Hall–Kier alpha value is -1.35. The van der Waals surface area contributed by atoms with Crippen LogP contribution in [0.15, 0.2) is 10.4 Å². The maximum absolute atomic E-state index is 12.7. The first-order valence-corrected chi connectivity index (χ1v) is 10.5. The van der Waals surface area contributed by atoms with E-state index >= 15 is 0 Å². The minimum atomic E-state index is -4.38. The lowest BCUT2D eigenvalue weighted by atomic mass is 9.93. The number of hydrogen-bond donors (Lipinski definition) is 1. The molecule has 27 heavy (non-hydrogen) atoms. The number of aliphatic imine (C=N–C) groups is 1. The number of thiazole rings is 1. The number of rotatable bonds is 3. The Labute approximate surface area is 161 Å². The molecule has 2 aliphatic carbocycles. The maximum atomic E-state index is 12.7. The number of fused-ring (bicyclic) bond motifs is 2. The van der Waals surface area contributed by atoms with Gasteiger partial charge in [-0.2, -0.15) is 13.2 Å². The SMILES string of the molecule is CN=C(NCc1nc(C(F)(F)F)cs1)N1CCN(C2CC3CCC2C3)CC1. The van der Waals surface area contributed by atoms with E-state index in [0.717, 1.165) is 66.7 Å². The van der Waals surface area contributed by atoms with Crippen molar-refractivity contribution < 1.29 is 13.2 Å². The van der Waals surface area contributed by atoms with Crippen molar-refractivity contribution in [2.45, 2.75) is 44.4 Å². The molecule has 2 bridgehead atoms. The van der Waals surface area contributed by atoms with Crippen molar-refractivity contribution in [3.63, 3.8) is 0 Å². The smallest absolute Gasteiger partial charge is 0.350 e. The average molecular weight is 402 g/mol. The summed E-state index contributed by atoms with van der Waals surface area (Å²) >= 11 is 1.02. The summed E-state index contributed by atoms with van der Waals surface area (Å²) < 4.78 is 38.0. The molecule has 3 aliphatic rings. The van der Waals surface area contributed by atoms with E-state index in [0.29, 0.717) is 5.01 Å². The molecule has 9 heteroatoms. The minimum absolute atomic E-state index is 0.264. The number of guanidine groups is 1. The first-order valence-electron chi connectivity index (χ1n) is 9.65. The Bertz CT molecular complexity index is 681. The fraction of sp³-hybridized carbons (Fsp3) is 0.778. The third kappa shape index (κ3) is 4.08. The largest absolute Gasteiger partial charge is 0.434 e. The summed E-state index contributed by atoms with van der Waals surface area (Å²) in [6.07, 6.45) is 1.22. The van der Waals surface area contributed by atoms with E-state index in [9.17, 15) is 13.2 Å². The summed E-state index contributed by atoms with van der Waals surface area (Å²) in [5.74, 6) is 2.59. The van der Waals surface area contributed by atoms with E-state index < -0.39 is 11.9 Å². The topological polar surface area (TPSA) is 43.8 Å². The van der Waals surface area contributed by atoms with Crippen molar-refractivity contribution in [2.75, 3.05) is 33.2 Å². The number of nitrogens with one attached hydrogen (secondary N) is 1. The molecule has 0 radical (unpaired) electrons. The van der Waals surface area contributed by atoms with E-state index in [-0.39, 0.29) is 6.54 Å². The third-order valence-electron chi connectivity index (χ3n) is 6.24. The van der Waals surface area contributed by atoms with Crippen LogP contribution in [0.3, 0.4) is 0 Å². The van der Waals surface area contributed by atoms with E-state index in [1.54, 1.807) is 7.05 Å². The van der Waals surface area contributed by atoms with Crippen LogP contribution in [0.1, 0.15) is 36.4 Å². The molecule has 0 spiro atoms. The number of aromatic nitrogens is 1. The van der Waals surface area contributed by atoms with Crippen molar-refractivity contribution in [1.82, 2.24) is 20.1 Å². The Morgan fingerprint density at radius 3 is 2.59 bits per heavy atom. The monoisotopic (exact) mass is 401 g/mol. The molecule has 1 aliphatic heterocycles. The molecule has 0 amide bonds. The Morgan fingerprint density at radius 1 is 1.26 bits per heavy atom. The molecule has 3 unspecified atom stereocenters. The molecule has 3 fully saturated rings. The summed E-state index contributed by atoms with van der Waals surface area (Å²) in [7, 11) is 1.72. The van der Waals surface area contributed by atoms with Gasteiger partial charge in [-0.15, -0.1) is 11.3 Å². The van der Waals surface area contributed by atoms with Crippen LogP contribution in [0.2, 0.25) is 0 Å². The highest BCUT2D eigenvalue weighted by atomic mass is 32.1. The van der Waals surface area contributed by atoms with Gasteiger partial charge in [-0.1, -0.05) is 6.42 Å². The molecule has 150 valence electrons. The molecule has 1 aromatic heterocycles. The average Bonchev–Trinajstić information content (AvgIpc) is 3.39. The van der Waals surface area contributed by atoms with Crippen LogP contribution in [0.5, 0.6) is 0 Å². The number of hydrogen-bond acceptors (Lipinski definition) is 4. The van der Waals surface area contributed by atoms with Crippen molar-refractivity contribution in [3.8, 4) is 0 Å². The van der Waals surface area contributed by atoms with E-state index in [2.05, 4.69) is 25.1 Å². The third-order valence-corrected chi connectivity index (χ3v) is 7.08. The van der Waals surface area contributed by atoms with Crippen molar-refractivity contribution >= 4 is 17.3 Å². The fourth-order valence-electron chi connectivity index (χ4n) is 4.93. The maximum Gasteiger partial charge on any atom is 0.434 e. The lowest BCUT2D eigenvalue weighted by Crippen LogP contribution is -2.55. The second kappa shape index (κ2) is 7.58. The zero-order valence-corrected chi connectivity index (χ0v) is 16.3. The van der Waals surface area contributed by atoms with Gasteiger partial charge in [0.2, 0.25) is 0 Å². The minimum Gasteiger partial charge on any atom is -0.350 e. The van der Waals surface area contributed by atoms with Crippen LogP contribution >= 0.6 is 11.3 Å². The lowest BCUT2D eigenvalue weighted by Gasteiger charge is -2.41. The summed E-state index contributed by atoms with van der Waals surface area (Å²) in [5, 5.41) is 4.65. The molecule has 3 atom stereocenters. The van der Waals surface area contributed by atoms with E-state index in [1.165, 1.54) is 25.7 Å². The van der Waals surface area contributed by atoms with Crippen LogP contribution in [0, 0.1) is 11.8 Å². The molecule has 1 N–H and O–H groups in total. The molecule has 1 saturated heterocycles. The van der Waals surface area contributed by atoms with Gasteiger partial charge in [0.25, 0.3) is 0 Å². The summed E-state index contributed by atoms with van der Waals surface area (Å²) in [5.41, 5.74) is -0.821. The van der Waals surface area contributed by atoms with Crippen LogP contribution in [0.4, 0.5) is 13.2 Å². The van der Waals surface area contributed by atoms with Gasteiger partial charge in [0.15, 0.2) is 11.7 Å². The van der Waals surface area contributed by atoms with Gasteiger partial charge in [0.1, 0.15) is 5.01 Å². The van der Waals surface area contributed by atoms with Crippen LogP contribution in [0.25, 0.3) is 0 Å². The van der Waals surface area contributed by atoms with Crippen molar-refractivity contribution in [1.29, 1.82) is 0 Å². The Morgan fingerprint density at radius 2 is 2.04 bits per heavy atom. The zero-order valence-electron chi connectivity index (χ0n) is 15.5. The van der Waals surface area contributed by atoms with E-state index in [4.69, 9.17) is 0 Å². The first-order chi connectivity index (χ1) is 12.9. The molecular weight excluding hydrogens is 375 g/mol. The molecule has 2 heterocycles. The van der Waals surface area contributed by atoms with Gasteiger partial charge in [0.05, 0.1) is 6.54 Å². The van der Waals surface area contributed by atoms with Gasteiger partial charge in [0, 0.05) is 44.6 Å². The highest BCUT2D eigenvalue weighted by molar-refractivity contribution is 7.09. The molecule has 5 nitrogen and oxygen atoms in total. The number of halogens is 3. The van der Waals surface area contributed by atoms with Crippen LogP contribution < -0.4 is 5.32 Å². The molecule has 2 saturated carbocycles. The summed E-state index contributed by atoms with van der Waals surface area (Å²) in [4.78, 5) is 12.8. The highest BCUT2D eigenvalue weighted by Gasteiger charge is 2.42. The molecule has 0 aromatic carbocycles. The molecule has 4 rings (SSSR count). The quantitative estimate of drug-likeness (QED) is 0.625. The summed E-state index contributed by atoms with van der Waals surface area (Å²) in [6, 6.07) is 0.761. The standard InChI is InChI=1S/C18H26F3N5S/c1-22-17(23-10-16-24-15(11-27-16)18(19,20)21)26-6-4-25(5-7-26)14-9-12-2-3-13(14)8-12/h11-14H,2-10H2,1H3,(H,22,23). The predicted octanol–water partition coefficient (Wildman–Crippen LogP) is 3.04. The van der Waals surface area contributed by atoms with Crippen LogP contribution in [-0.2, 0) is 12.7 Å². The van der Waals surface area contributed by atoms with Crippen molar-refractivity contribution in [3.05, 3.63) is 16.1 Å². The second-order valence-corrected chi connectivity index (χ2v) is 8.73. The van der Waals surface area contributed by atoms with Gasteiger partial charge < -0.3 is 10.2 Å². The van der Waals surface area contributed by atoms with E-state index in [1.807, 2.05) is 0 Å². The summed E-state index contributed by atoms with van der Waals surface area (Å²) in [6.45, 7) is 4.13. The van der Waals surface area contributed by atoms with Crippen LogP contribution in [-0.4, -0.2) is 60.0 Å². The van der Waals surface area contributed by atoms with Crippen molar-refractivity contribution in [2.24, 2.45) is 16.8 Å². The van der Waals surface area contributed by atoms with Gasteiger partial charge in [-0.3, -0.25) is 9.89 Å². The fourth-order valence-corrected chi connectivity index (χ4v) is 5.67. The Balaban J connectivity index is 1.27. The van der Waals surface area contributed by atoms with Gasteiger partial charge in [-0.25, -0.2) is 4.98 Å². The predicted molar refractivity (Wildman–Crippen MR) is 99.7 cm³/mol. The molecular formula is C18H26F3N5S. The lowest BCUT2D eigenvalue weighted by molar-refractivity contribution is -0.140. The zero-order chi connectivity index (χ0) is 19.0. The molecule has 1 aromatic rings. The van der Waals surface area contributed by atoms with Gasteiger partial charge in [-0.05, 0) is 31.1 Å². The number of nitrogens with zero attached hydrogens (tertiary/aromatic N) is 4. The highest BCUT2D eigenvalue weighted by Crippen LogP contribution is 2.46. The number of alkyl halides is 3. The van der Waals surface area contributed by atoms with Gasteiger partial charge >= 0.3 is 6.18 Å². The second-order valence-electron chi connectivity index (χ2n) is 7.79.